The molecular weight excluding hydrogens is 216 g/mol. The fourth-order valence-corrected chi connectivity index (χ4v) is 1.19. The van der Waals surface area contributed by atoms with Crippen molar-refractivity contribution in [1.82, 2.24) is 14.9 Å². The van der Waals surface area contributed by atoms with Crippen molar-refractivity contribution in [3.8, 4) is 0 Å². The molecule has 0 aliphatic heterocycles. The summed E-state index contributed by atoms with van der Waals surface area (Å²) in [5.41, 5.74) is 0.304. The van der Waals surface area contributed by atoms with Crippen LogP contribution in [0.2, 0.25) is 5.15 Å². The molecule has 0 atom stereocenters. The summed E-state index contributed by atoms with van der Waals surface area (Å²) < 4.78 is 0. The molecule has 0 aromatic carbocycles. The highest BCUT2D eigenvalue weighted by Gasteiger charge is 2.07. The number of carbonyl (C=O) groups is 1. The van der Waals surface area contributed by atoms with Crippen LogP contribution in [-0.4, -0.2) is 48.3 Å². The van der Waals surface area contributed by atoms with E-state index < -0.39 is 0 Å². The highest BCUT2D eigenvalue weighted by molar-refractivity contribution is 6.32. The van der Waals surface area contributed by atoms with Crippen LogP contribution in [0.4, 0.5) is 5.82 Å². The van der Waals surface area contributed by atoms with E-state index in [9.17, 15) is 4.79 Å². The number of carbonyl (C=O) groups excluding carboxylic acids is 1. The van der Waals surface area contributed by atoms with Crippen LogP contribution in [0.5, 0.6) is 0 Å². The Morgan fingerprint density at radius 3 is 2.87 bits per heavy atom. The molecule has 0 unspecified atom stereocenters. The maximum atomic E-state index is 10.7. The molecule has 1 rings (SSSR count). The van der Waals surface area contributed by atoms with Crippen LogP contribution in [0.1, 0.15) is 10.4 Å². The van der Waals surface area contributed by atoms with Crippen LogP contribution < -0.4 is 5.32 Å². The number of hydrogen-bond acceptors (Lipinski definition) is 5. The number of aromatic nitrogens is 2. The monoisotopic (exact) mass is 228 g/mol. The Morgan fingerprint density at radius 1 is 1.53 bits per heavy atom. The summed E-state index contributed by atoms with van der Waals surface area (Å²) in [5, 5.41) is 3.20. The van der Waals surface area contributed by atoms with E-state index in [2.05, 4.69) is 15.3 Å². The van der Waals surface area contributed by atoms with Crippen LogP contribution in [0.15, 0.2) is 6.33 Å². The second-order valence-electron chi connectivity index (χ2n) is 3.27. The third-order valence-corrected chi connectivity index (χ3v) is 2.11. The Morgan fingerprint density at radius 2 is 2.27 bits per heavy atom. The van der Waals surface area contributed by atoms with Gasteiger partial charge in [0.25, 0.3) is 0 Å². The van der Waals surface area contributed by atoms with Gasteiger partial charge in [0.15, 0.2) is 6.29 Å². The minimum absolute atomic E-state index is 0.173. The first-order chi connectivity index (χ1) is 7.15. The first-order valence-corrected chi connectivity index (χ1v) is 4.87. The van der Waals surface area contributed by atoms with E-state index in [4.69, 9.17) is 11.6 Å². The van der Waals surface area contributed by atoms with Crippen molar-refractivity contribution in [3.63, 3.8) is 0 Å². The Bertz CT molecular complexity index is 343. The highest BCUT2D eigenvalue weighted by atomic mass is 35.5. The van der Waals surface area contributed by atoms with E-state index in [1.54, 1.807) is 0 Å². The van der Waals surface area contributed by atoms with E-state index in [0.29, 0.717) is 24.2 Å². The van der Waals surface area contributed by atoms with Crippen molar-refractivity contribution < 1.29 is 4.79 Å². The maximum Gasteiger partial charge on any atom is 0.156 e. The van der Waals surface area contributed by atoms with Crippen molar-refractivity contribution in [2.75, 3.05) is 32.5 Å². The van der Waals surface area contributed by atoms with E-state index >= 15 is 0 Å². The lowest BCUT2D eigenvalue weighted by molar-refractivity contribution is 0.112. The molecule has 0 aliphatic carbocycles. The van der Waals surface area contributed by atoms with Crippen molar-refractivity contribution in [2.45, 2.75) is 0 Å². The van der Waals surface area contributed by atoms with Gasteiger partial charge in [0.2, 0.25) is 0 Å². The predicted octanol–water partition coefficient (Wildman–Crippen LogP) is 0.916. The predicted molar refractivity (Wildman–Crippen MR) is 59.5 cm³/mol. The van der Waals surface area contributed by atoms with E-state index in [0.717, 1.165) is 6.54 Å². The number of likely N-dealkylation sites (N-methyl/N-ethyl adjacent to an activating group) is 1. The molecular formula is C9H13ClN4O. The molecule has 0 fully saturated rings. The second kappa shape index (κ2) is 5.63. The van der Waals surface area contributed by atoms with Crippen LogP contribution >= 0.6 is 11.6 Å². The number of nitrogens with one attached hydrogen (secondary N) is 1. The molecule has 1 N–H and O–H groups in total. The summed E-state index contributed by atoms with van der Waals surface area (Å²) in [6, 6.07) is 0. The lowest BCUT2D eigenvalue weighted by Crippen LogP contribution is -2.21. The zero-order valence-corrected chi connectivity index (χ0v) is 9.45. The van der Waals surface area contributed by atoms with Gasteiger partial charge in [-0.15, -0.1) is 0 Å². The lowest BCUT2D eigenvalue weighted by Gasteiger charge is -2.11. The van der Waals surface area contributed by atoms with Crippen LogP contribution in [-0.2, 0) is 0 Å². The fourth-order valence-electron chi connectivity index (χ4n) is 1.02. The molecule has 15 heavy (non-hydrogen) atoms. The van der Waals surface area contributed by atoms with Crippen molar-refractivity contribution >= 4 is 23.7 Å². The van der Waals surface area contributed by atoms with Gasteiger partial charge in [-0.05, 0) is 14.1 Å². The minimum atomic E-state index is 0.173. The van der Waals surface area contributed by atoms with Crippen molar-refractivity contribution in [1.29, 1.82) is 0 Å². The van der Waals surface area contributed by atoms with Gasteiger partial charge in [-0.1, -0.05) is 11.6 Å². The standard InChI is InChI=1S/C9H13ClN4O/c1-14(2)4-3-11-9-7(5-15)8(10)12-6-13-9/h5-6H,3-4H2,1-2H3,(H,11,12,13). The second-order valence-corrected chi connectivity index (χ2v) is 3.63. The molecule has 0 bridgehead atoms. The molecule has 0 spiro atoms. The normalized spacial score (nSPS) is 10.4. The van der Waals surface area contributed by atoms with E-state index in [1.807, 2.05) is 19.0 Å². The van der Waals surface area contributed by atoms with Gasteiger partial charge in [-0.3, -0.25) is 4.79 Å². The molecule has 1 aromatic heterocycles. The Labute approximate surface area is 93.5 Å². The summed E-state index contributed by atoms with van der Waals surface area (Å²) in [6.45, 7) is 1.54. The average molecular weight is 229 g/mol. The van der Waals surface area contributed by atoms with Gasteiger partial charge in [0.05, 0.1) is 5.56 Å². The Hall–Kier alpha value is -1.20. The molecule has 1 aromatic rings. The molecule has 0 aliphatic rings. The highest BCUT2D eigenvalue weighted by Crippen LogP contribution is 2.16. The van der Waals surface area contributed by atoms with Crippen LogP contribution in [0, 0.1) is 0 Å². The average Bonchev–Trinajstić information content (AvgIpc) is 2.17. The fraction of sp³-hybridized carbons (Fsp3) is 0.444. The third kappa shape index (κ3) is 3.45. The first-order valence-electron chi connectivity index (χ1n) is 4.49. The topological polar surface area (TPSA) is 58.1 Å². The smallest absolute Gasteiger partial charge is 0.156 e. The third-order valence-electron chi connectivity index (χ3n) is 1.80. The van der Waals surface area contributed by atoms with Crippen molar-refractivity contribution in [2.24, 2.45) is 0 Å². The van der Waals surface area contributed by atoms with Crippen molar-refractivity contribution in [3.05, 3.63) is 17.0 Å². The molecule has 6 heteroatoms. The van der Waals surface area contributed by atoms with Crippen LogP contribution in [0.3, 0.4) is 0 Å². The minimum Gasteiger partial charge on any atom is -0.368 e. The number of aldehydes is 1. The van der Waals surface area contributed by atoms with Crippen LogP contribution in [0.25, 0.3) is 0 Å². The number of nitrogens with zero attached hydrogens (tertiary/aromatic N) is 3. The maximum absolute atomic E-state index is 10.7. The lowest BCUT2D eigenvalue weighted by atomic mass is 10.3. The molecule has 0 amide bonds. The summed E-state index contributed by atoms with van der Waals surface area (Å²) in [7, 11) is 3.94. The van der Waals surface area contributed by atoms with Gasteiger partial charge < -0.3 is 10.2 Å². The zero-order valence-electron chi connectivity index (χ0n) is 8.70. The molecule has 1 heterocycles. The summed E-state index contributed by atoms with van der Waals surface area (Å²) in [6.07, 6.45) is 1.98. The van der Waals surface area contributed by atoms with Gasteiger partial charge in [0.1, 0.15) is 17.3 Å². The quantitative estimate of drug-likeness (QED) is 0.600. The molecule has 0 saturated carbocycles. The molecule has 0 radical (unpaired) electrons. The molecule has 0 saturated heterocycles. The number of rotatable bonds is 5. The first kappa shape index (κ1) is 11.9. The van der Waals surface area contributed by atoms with E-state index in [1.165, 1.54) is 6.33 Å². The Balaban J connectivity index is 2.68. The van der Waals surface area contributed by atoms with Gasteiger partial charge in [-0.2, -0.15) is 0 Å². The summed E-state index contributed by atoms with van der Waals surface area (Å²) in [4.78, 5) is 20.4. The van der Waals surface area contributed by atoms with Gasteiger partial charge in [-0.25, -0.2) is 9.97 Å². The Kier molecular flexibility index (Phi) is 4.45. The molecule has 82 valence electrons. The number of anilines is 1. The van der Waals surface area contributed by atoms with Gasteiger partial charge in [0, 0.05) is 13.1 Å². The van der Waals surface area contributed by atoms with Gasteiger partial charge >= 0.3 is 0 Å². The summed E-state index contributed by atoms with van der Waals surface area (Å²) in [5.74, 6) is 0.479. The number of hydrogen-bond donors (Lipinski definition) is 1. The molecule has 5 nitrogen and oxygen atoms in total. The van der Waals surface area contributed by atoms with E-state index in [-0.39, 0.29) is 5.15 Å². The largest absolute Gasteiger partial charge is 0.368 e. The summed E-state index contributed by atoms with van der Waals surface area (Å²) >= 11 is 5.74. The number of halogens is 1. The zero-order chi connectivity index (χ0) is 11.3. The SMILES string of the molecule is CN(C)CCNc1ncnc(Cl)c1C=O.